The summed E-state index contributed by atoms with van der Waals surface area (Å²) in [6, 6.07) is 19.9. The summed E-state index contributed by atoms with van der Waals surface area (Å²) < 4.78 is 0. The first-order valence-corrected chi connectivity index (χ1v) is 6.03. The van der Waals surface area contributed by atoms with E-state index in [1.807, 2.05) is 18.2 Å². The third kappa shape index (κ3) is 3.72. The average molecular weight is 225 g/mol. The van der Waals surface area contributed by atoms with Gasteiger partial charge in [0.15, 0.2) is 0 Å². The third-order valence-corrected chi connectivity index (χ3v) is 2.81. The van der Waals surface area contributed by atoms with E-state index in [0.717, 1.165) is 19.3 Å². The highest BCUT2D eigenvalue weighted by Crippen LogP contribution is 2.11. The normalized spacial score (nSPS) is 10.4. The Morgan fingerprint density at radius 3 is 2.35 bits per heavy atom. The minimum Gasteiger partial charge on any atom is -0.396 e. The molecule has 0 saturated carbocycles. The highest BCUT2D eigenvalue weighted by atomic mass is 16.2. The first-order valence-electron chi connectivity index (χ1n) is 6.03. The molecule has 0 aromatic heterocycles. The first-order chi connectivity index (χ1) is 8.38. The summed E-state index contributed by atoms with van der Waals surface area (Å²) in [7, 11) is 0. The summed E-state index contributed by atoms with van der Waals surface area (Å²) in [4.78, 5) is 0. The minimum atomic E-state index is 0.265. The predicted octanol–water partition coefficient (Wildman–Crippen LogP) is 3.00. The molecule has 1 nitrogen and oxygen atoms in total. The summed E-state index contributed by atoms with van der Waals surface area (Å²) in [6.07, 6.45) is 2.72. The second-order valence-corrected chi connectivity index (χ2v) is 4.21. The van der Waals surface area contributed by atoms with Gasteiger partial charge in [-0.15, -0.1) is 0 Å². The molecule has 2 aromatic rings. The van der Waals surface area contributed by atoms with Gasteiger partial charge in [0.25, 0.3) is 0 Å². The van der Waals surface area contributed by atoms with Gasteiger partial charge in [0.1, 0.15) is 0 Å². The summed E-state index contributed by atoms with van der Waals surface area (Å²) in [5, 5.41) is 8.77. The number of benzene rings is 2. The Bertz CT molecular complexity index is 431. The van der Waals surface area contributed by atoms with Crippen LogP contribution in [-0.4, -0.2) is 11.7 Å². The van der Waals surface area contributed by atoms with Crippen molar-refractivity contribution in [3.8, 4) is 0 Å². The molecule has 0 amide bonds. The van der Waals surface area contributed by atoms with Crippen molar-refractivity contribution in [3.05, 3.63) is 71.3 Å². The van der Waals surface area contributed by atoms with Gasteiger partial charge < -0.3 is 5.11 Å². The summed E-state index contributed by atoms with van der Waals surface area (Å²) >= 11 is 0. The summed E-state index contributed by atoms with van der Waals surface area (Å²) in [5.74, 6) is 0. The fourth-order valence-corrected chi connectivity index (χ4v) is 1.87. The number of rotatable bonds is 5. The van der Waals surface area contributed by atoms with Crippen LogP contribution in [-0.2, 0) is 12.8 Å². The molecule has 1 radical (unpaired) electrons. The van der Waals surface area contributed by atoms with Crippen LogP contribution in [0.1, 0.15) is 23.1 Å². The van der Waals surface area contributed by atoms with Gasteiger partial charge in [0, 0.05) is 6.61 Å². The molecule has 0 saturated heterocycles. The van der Waals surface area contributed by atoms with Crippen molar-refractivity contribution < 1.29 is 5.11 Å². The molecule has 0 atom stereocenters. The van der Waals surface area contributed by atoms with E-state index in [0.29, 0.717) is 0 Å². The maximum atomic E-state index is 8.77. The molecule has 0 spiro atoms. The predicted molar refractivity (Wildman–Crippen MR) is 69.9 cm³/mol. The molecule has 0 aliphatic heterocycles. The van der Waals surface area contributed by atoms with Crippen molar-refractivity contribution in [3.63, 3.8) is 0 Å². The molecule has 1 N–H and O–H groups in total. The van der Waals surface area contributed by atoms with E-state index in [-0.39, 0.29) is 6.61 Å². The van der Waals surface area contributed by atoms with Crippen LogP contribution in [0.5, 0.6) is 0 Å². The Morgan fingerprint density at radius 2 is 1.71 bits per heavy atom. The minimum absolute atomic E-state index is 0.265. The van der Waals surface area contributed by atoms with E-state index in [4.69, 9.17) is 5.11 Å². The molecule has 0 bridgehead atoms. The summed E-state index contributed by atoms with van der Waals surface area (Å²) in [6.45, 7) is 0.265. The fourth-order valence-electron chi connectivity index (χ4n) is 1.87. The SMILES string of the molecule is OCCCc1ccc(Cc2[c]cccc2)cc1. The Labute approximate surface area is 103 Å². The van der Waals surface area contributed by atoms with Gasteiger partial charge in [0.2, 0.25) is 0 Å². The average Bonchev–Trinajstić information content (AvgIpc) is 2.39. The zero-order chi connectivity index (χ0) is 11.9. The molecule has 87 valence electrons. The molecule has 0 aliphatic rings. The maximum absolute atomic E-state index is 8.77. The number of aliphatic hydroxyl groups is 1. The number of hydrogen-bond acceptors (Lipinski definition) is 1. The Hall–Kier alpha value is -1.60. The van der Waals surface area contributed by atoms with Crippen LogP contribution >= 0.6 is 0 Å². The number of aryl methyl sites for hydroxylation is 1. The van der Waals surface area contributed by atoms with Gasteiger partial charge in [-0.1, -0.05) is 48.5 Å². The molecular formula is C16H17O. The smallest absolute Gasteiger partial charge is 0.0434 e. The zero-order valence-electron chi connectivity index (χ0n) is 9.89. The van der Waals surface area contributed by atoms with Gasteiger partial charge in [-0.2, -0.15) is 0 Å². The zero-order valence-corrected chi connectivity index (χ0v) is 9.89. The van der Waals surface area contributed by atoms with Crippen molar-refractivity contribution in [2.45, 2.75) is 19.3 Å². The van der Waals surface area contributed by atoms with E-state index < -0.39 is 0 Å². The second kappa shape index (κ2) is 6.21. The largest absolute Gasteiger partial charge is 0.396 e. The van der Waals surface area contributed by atoms with Crippen LogP contribution in [0.2, 0.25) is 0 Å². The molecular weight excluding hydrogens is 208 g/mol. The molecule has 0 aliphatic carbocycles. The quantitative estimate of drug-likeness (QED) is 0.829. The van der Waals surface area contributed by atoms with E-state index in [2.05, 4.69) is 36.4 Å². The van der Waals surface area contributed by atoms with E-state index in [1.165, 1.54) is 16.7 Å². The fraction of sp³-hybridized carbons (Fsp3) is 0.250. The van der Waals surface area contributed by atoms with Crippen molar-refractivity contribution in [1.82, 2.24) is 0 Å². The maximum Gasteiger partial charge on any atom is 0.0434 e. The van der Waals surface area contributed by atoms with Crippen LogP contribution in [0.15, 0.2) is 48.5 Å². The van der Waals surface area contributed by atoms with Crippen molar-refractivity contribution in [2.24, 2.45) is 0 Å². The van der Waals surface area contributed by atoms with E-state index >= 15 is 0 Å². The molecule has 0 heterocycles. The molecule has 1 heteroatoms. The Balaban J connectivity index is 1.98. The number of aliphatic hydroxyl groups excluding tert-OH is 1. The third-order valence-electron chi connectivity index (χ3n) is 2.81. The van der Waals surface area contributed by atoms with Crippen molar-refractivity contribution in [1.29, 1.82) is 0 Å². The second-order valence-electron chi connectivity index (χ2n) is 4.21. The van der Waals surface area contributed by atoms with Crippen LogP contribution in [0.25, 0.3) is 0 Å². The van der Waals surface area contributed by atoms with E-state index in [9.17, 15) is 0 Å². The van der Waals surface area contributed by atoms with Gasteiger partial charge in [0.05, 0.1) is 0 Å². The standard InChI is InChI=1S/C16H17O/c17-12-4-7-14-8-10-16(11-9-14)13-15-5-2-1-3-6-15/h1-3,5,8-11,17H,4,7,12-13H2. The van der Waals surface area contributed by atoms with Crippen LogP contribution in [0.3, 0.4) is 0 Å². The van der Waals surface area contributed by atoms with Crippen molar-refractivity contribution in [2.75, 3.05) is 6.61 Å². The van der Waals surface area contributed by atoms with Crippen LogP contribution in [0, 0.1) is 6.07 Å². The Morgan fingerprint density at radius 1 is 0.941 bits per heavy atom. The highest BCUT2D eigenvalue weighted by Gasteiger charge is 1.97. The molecule has 2 rings (SSSR count). The van der Waals surface area contributed by atoms with Crippen LogP contribution < -0.4 is 0 Å². The van der Waals surface area contributed by atoms with Gasteiger partial charge >= 0.3 is 0 Å². The Kier molecular flexibility index (Phi) is 4.34. The van der Waals surface area contributed by atoms with E-state index in [1.54, 1.807) is 0 Å². The topological polar surface area (TPSA) is 20.2 Å². The lowest BCUT2D eigenvalue weighted by atomic mass is 10.0. The lowest BCUT2D eigenvalue weighted by Crippen LogP contribution is -1.91. The van der Waals surface area contributed by atoms with Gasteiger partial charge in [-0.3, -0.25) is 0 Å². The lowest BCUT2D eigenvalue weighted by molar-refractivity contribution is 0.288. The van der Waals surface area contributed by atoms with Crippen molar-refractivity contribution >= 4 is 0 Å². The molecule has 0 fully saturated rings. The number of hydrogen-bond donors (Lipinski definition) is 1. The van der Waals surface area contributed by atoms with Gasteiger partial charge in [-0.05, 0) is 42.0 Å². The van der Waals surface area contributed by atoms with Gasteiger partial charge in [-0.25, -0.2) is 0 Å². The summed E-state index contributed by atoms with van der Waals surface area (Å²) in [5.41, 5.74) is 3.82. The lowest BCUT2D eigenvalue weighted by Gasteiger charge is -2.04. The molecule has 2 aromatic carbocycles. The molecule has 0 unspecified atom stereocenters. The highest BCUT2D eigenvalue weighted by molar-refractivity contribution is 5.28. The monoisotopic (exact) mass is 225 g/mol. The van der Waals surface area contributed by atoms with Crippen LogP contribution in [0.4, 0.5) is 0 Å². The molecule has 17 heavy (non-hydrogen) atoms. The first kappa shape index (κ1) is 11.9.